The van der Waals surface area contributed by atoms with Gasteiger partial charge in [0.05, 0.1) is 11.3 Å². The van der Waals surface area contributed by atoms with Gasteiger partial charge in [0.15, 0.2) is 5.03 Å². The normalized spacial score (nSPS) is 11.1. The van der Waals surface area contributed by atoms with E-state index in [9.17, 15) is 23.3 Å². The maximum Gasteiger partial charge on any atom is 0.416 e. The summed E-state index contributed by atoms with van der Waals surface area (Å²) in [6.07, 6.45) is -4.51. The Balaban J connectivity index is 3.03. The molecule has 0 fully saturated rings. The van der Waals surface area contributed by atoms with Crippen LogP contribution in [0.3, 0.4) is 0 Å². The number of benzene rings is 1. The average molecular weight is 221 g/mol. The number of nitrogens with one attached hydrogen (secondary N) is 1. The topological polar surface area (TPSA) is 81.2 Å². The van der Waals surface area contributed by atoms with Gasteiger partial charge in [-0.3, -0.25) is 0 Å². The van der Waals surface area contributed by atoms with Crippen LogP contribution >= 0.6 is 0 Å². The Kier molecular flexibility index (Phi) is 2.69. The van der Waals surface area contributed by atoms with Crippen molar-refractivity contribution in [2.45, 2.75) is 6.18 Å². The maximum atomic E-state index is 12.2. The minimum atomic E-state index is -4.51. The van der Waals surface area contributed by atoms with Crippen LogP contribution in [0.25, 0.3) is 0 Å². The quantitative estimate of drug-likeness (QED) is 0.454. The Morgan fingerprint density at radius 1 is 1.40 bits per heavy atom. The third kappa shape index (κ3) is 2.73. The van der Waals surface area contributed by atoms with Gasteiger partial charge in [-0.15, -0.1) is 5.43 Å². The molecule has 0 saturated heterocycles. The van der Waals surface area contributed by atoms with Crippen LogP contribution in [0.4, 0.5) is 24.5 Å². The first-order valence-corrected chi connectivity index (χ1v) is 3.68. The van der Waals surface area contributed by atoms with Crippen molar-refractivity contribution in [1.29, 1.82) is 0 Å². The number of nitro groups is 1. The SMILES string of the molecule is Nc1cc(C(F)(F)F)ccc1N[N+](=O)[O-]. The van der Waals surface area contributed by atoms with E-state index in [1.54, 1.807) is 5.43 Å². The van der Waals surface area contributed by atoms with E-state index in [0.717, 1.165) is 6.07 Å². The molecule has 0 atom stereocenters. The Hall–Kier alpha value is -1.99. The van der Waals surface area contributed by atoms with E-state index >= 15 is 0 Å². The van der Waals surface area contributed by atoms with E-state index in [2.05, 4.69) is 0 Å². The Morgan fingerprint density at radius 3 is 2.40 bits per heavy atom. The lowest BCUT2D eigenvalue weighted by Gasteiger charge is -2.08. The first kappa shape index (κ1) is 11.1. The number of hydrogen-bond acceptors (Lipinski definition) is 3. The highest BCUT2D eigenvalue weighted by Crippen LogP contribution is 2.32. The second-order valence-electron chi connectivity index (χ2n) is 2.67. The molecule has 3 N–H and O–H groups in total. The molecule has 0 saturated carbocycles. The number of rotatable bonds is 2. The van der Waals surface area contributed by atoms with Gasteiger partial charge in [-0.1, -0.05) is 0 Å². The number of anilines is 2. The molecule has 1 aromatic rings. The van der Waals surface area contributed by atoms with Gasteiger partial charge in [-0.25, -0.2) is 10.1 Å². The molecule has 8 heteroatoms. The first-order valence-electron chi connectivity index (χ1n) is 3.68. The standard InChI is InChI=1S/C7H6F3N3O2/c8-7(9,10)4-1-2-6(5(11)3-4)12-13(14)15/h1-3,12H,11H2. The van der Waals surface area contributed by atoms with E-state index in [1.807, 2.05) is 0 Å². The van der Waals surface area contributed by atoms with Crippen LogP contribution in [0.15, 0.2) is 18.2 Å². The molecule has 0 heterocycles. The van der Waals surface area contributed by atoms with E-state index in [4.69, 9.17) is 5.73 Å². The van der Waals surface area contributed by atoms with Gasteiger partial charge in [0.25, 0.3) is 0 Å². The first-order chi connectivity index (χ1) is 6.80. The van der Waals surface area contributed by atoms with E-state index in [0.29, 0.717) is 12.1 Å². The molecule has 0 aliphatic rings. The fourth-order valence-electron chi connectivity index (χ4n) is 0.939. The third-order valence-corrected chi connectivity index (χ3v) is 1.59. The molecule has 0 radical (unpaired) electrons. The summed E-state index contributed by atoms with van der Waals surface area (Å²) in [7, 11) is 0. The van der Waals surface area contributed by atoms with Crippen molar-refractivity contribution >= 4 is 11.4 Å². The number of nitrogens with zero attached hydrogens (tertiary/aromatic N) is 1. The van der Waals surface area contributed by atoms with Crippen LogP contribution in [0.5, 0.6) is 0 Å². The summed E-state index contributed by atoms with van der Waals surface area (Å²) in [5, 5.41) is 9.12. The van der Waals surface area contributed by atoms with E-state index in [1.165, 1.54) is 0 Å². The molecule has 0 aliphatic carbocycles. The molecule has 0 unspecified atom stereocenters. The zero-order valence-corrected chi connectivity index (χ0v) is 7.21. The predicted octanol–water partition coefficient (Wildman–Crippen LogP) is 1.89. The second-order valence-corrected chi connectivity index (χ2v) is 2.67. The molecule has 1 aromatic carbocycles. The minimum Gasteiger partial charge on any atom is -0.397 e. The number of alkyl halides is 3. The number of halogens is 3. The van der Waals surface area contributed by atoms with Crippen LogP contribution in [0, 0.1) is 10.1 Å². The van der Waals surface area contributed by atoms with Crippen molar-refractivity contribution < 1.29 is 18.2 Å². The molecule has 0 spiro atoms. The van der Waals surface area contributed by atoms with Gasteiger partial charge in [0.1, 0.15) is 5.69 Å². The van der Waals surface area contributed by atoms with Gasteiger partial charge in [-0.05, 0) is 18.2 Å². The van der Waals surface area contributed by atoms with E-state index in [-0.39, 0.29) is 11.4 Å². The Morgan fingerprint density at radius 2 is 2.00 bits per heavy atom. The van der Waals surface area contributed by atoms with Gasteiger partial charge >= 0.3 is 6.18 Å². The second kappa shape index (κ2) is 3.64. The minimum absolute atomic E-state index is 0.173. The lowest BCUT2D eigenvalue weighted by molar-refractivity contribution is -0.445. The lowest BCUT2D eigenvalue weighted by Crippen LogP contribution is -2.11. The summed E-state index contributed by atoms with van der Waals surface area (Å²) < 4.78 is 36.5. The Labute approximate surface area is 81.8 Å². The van der Waals surface area contributed by atoms with Crippen molar-refractivity contribution in [2.24, 2.45) is 0 Å². The molecule has 5 nitrogen and oxygen atoms in total. The van der Waals surface area contributed by atoms with Crippen LogP contribution in [0.2, 0.25) is 0 Å². The lowest BCUT2D eigenvalue weighted by atomic mass is 10.1. The van der Waals surface area contributed by atoms with Crippen LogP contribution in [-0.4, -0.2) is 5.03 Å². The van der Waals surface area contributed by atoms with Gasteiger partial charge in [0.2, 0.25) is 0 Å². The van der Waals surface area contributed by atoms with Crippen molar-refractivity contribution in [3.8, 4) is 0 Å². The molecular weight excluding hydrogens is 215 g/mol. The number of hydrazine groups is 1. The average Bonchev–Trinajstić information content (AvgIpc) is 2.05. The number of hydrogen-bond donors (Lipinski definition) is 2. The highest BCUT2D eigenvalue weighted by atomic mass is 19.4. The zero-order chi connectivity index (χ0) is 11.6. The summed E-state index contributed by atoms with van der Waals surface area (Å²) in [5.74, 6) is 0. The largest absolute Gasteiger partial charge is 0.416 e. The third-order valence-electron chi connectivity index (χ3n) is 1.59. The molecule has 0 aromatic heterocycles. The Bertz CT molecular complexity index is 392. The summed E-state index contributed by atoms with van der Waals surface area (Å²) in [4.78, 5) is 10.0. The number of nitrogens with two attached hydrogens (primary N) is 1. The van der Waals surface area contributed by atoms with Gasteiger partial charge < -0.3 is 5.73 Å². The predicted molar refractivity (Wildman–Crippen MR) is 46.5 cm³/mol. The summed E-state index contributed by atoms with van der Waals surface area (Å²) in [6, 6.07) is 2.25. The van der Waals surface area contributed by atoms with Gasteiger partial charge in [-0.2, -0.15) is 13.2 Å². The van der Waals surface area contributed by atoms with Crippen molar-refractivity contribution in [3.63, 3.8) is 0 Å². The maximum absolute atomic E-state index is 12.2. The summed E-state index contributed by atoms with van der Waals surface area (Å²) in [6.45, 7) is 0. The number of nitrogen functional groups attached to an aromatic ring is 1. The molecule has 0 amide bonds. The fraction of sp³-hybridized carbons (Fsp3) is 0.143. The fourth-order valence-corrected chi connectivity index (χ4v) is 0.939. The van der Waals surface area contributed by atoms with E-state index < -0.39 is 16.8 Å². The van der Waals surface area contributed by atoms with Crippen LogP contribution in [0.1, 0.15) is 5.56 Å². The monoisotopic (exact) mass is 221 g/mol. The summed E-state index contributed by atoms with van der Waals surface area (Å²) >= 11 is 0. The molecular formula is C7H6F3N3O2. The van der Waals surface area contributed by atoms with Gasteiger partial charge in [0, 0.05) is 0 Å². The molecule has 82 valence electrons. The smallest absolute Gasteiger partial charge is 0.397 e. The molecule has 1 rings (SSSR count). The summed E-state index contributed by atoms with van der Waals surface area (Å²) in [5.41, 5.74) is 5.43. The van der Waals surface area contributed by atoms with Crippen LogP contribution in [-0.2, 0) is 6.18 Å². The van der Waals surface area contributed by atoms with Crippen molar-refractivity contribution in [1.82, 2.24) is 0 Å². The highest BCUT2D eigenvalue weighted by Gasteiger charge is 2.30. The van der Waals surface area contributed by atoms with Crippen LogP contribution < -0.4 is 11.2 Å². The zero-order valence-electron chi connectivity index (χ0n) is 7.21. The molecule has 0 bridgehead atoms. The molecule has 0 aliphatic heterocycles. The molecule has 15 heavy (non-hydrogen) atoms. The van der Waals surface area contributed by atoms with Crippen molar-refractivity contribution in [3.05, 3.63) is 33.9 Å². The van der Waals surface area contributed by atoms with Crippen molar-refractivity contribution in [2.75, 3.05) is 11.2 Å². The highest BCUT2D eigenvalue weighted by molar-refractivity contribution is 5.66.